The maximum Gasteiger partial charge on any atom is 0.000781 e. The number of hydrogen-bond acceptors (Lipinski definition) is 2. The third-order valence-corrected chi connectivity index (χ3v) is 1.12. The van der Waals surface area contributed by atoms with Crippen molar-refractivity contribution in [2.24, 2.45) is 17.4 Å². The van der Waals surface area contributed by atoms with Crippen LogP contribution < -0.4 is 11.5 Å². The minimum absolute atomic E-state index is 0.384. The van der Waals surface area contributed by atoms with Gasteiger partial charge in [-0.15, -0.1) is 0 Å². The molecule has 1 atom stereocenters. The lowest BCUT2D eigenvalue weighted by Gasteiger charge is -1.91. The Hall–Kier alpha value is -0.0800. The summed E-state index contributed by atoms with van der Waals surface area (Å²) in [6, 6.07) is 0.384. The topological polar surface area (TPSA) is 52.0 Å². The van der Waals surface area contributed by atoms with Crippen LogP contribution in [0.1, 0.15) is 34.1 Å². The highest BCUT2D eigenvalue weighted by Crippen LogP contribution is 1.81. The Morgan fingerprint density at radius 1 is 1.20 bits per heavy atom. The number of hydrogen-bond donors (Lipinski definition) is 2. The van der Waals surface area contributed by atoms with E-state index in [0.29, 0.717) is 12.0 Å². The van der Waals surface area contributed by atoms with Crippen molar-refractivity contribution in [3.05, 3.63) is 0 Å². The predicted molar refractivity (Wildman–Crippen MR) is 47.8 cm³/mol. The molecule has 2 heteroatoms. The quantitative estimate of drug-likeness (QED) is 0.617. The van der Waals surface area contributed by atoms with Gasteiger partial charge in [-0.25, -0.2) is 0 Å². The van der Waals surface area contributed by atoms with Crippen molar-refractivity contribution in [3.8, 4) is 0 Å². The lowest BCUT2D eigenvalue weighted by Crippen LogP contribution is -2.11. The molecule has 64 valence electrons. The van der Waals surface area contributed by atoms with E-state index in [4.69, 9.17) is 11.5 Å². The van der Waals surface area contributed by atoms with Crippen LogP contribution in [0, 0.1) is 5.92 Å². The first kappa shape index (κ1) is 12.6. The minimum atomic E-state index is 0.384. The van der Waals surface area contributed by atoms with Gasteiger partial charge in [-0.1, -0.05) is 20.8 Å². The predicted octanol–water partition coefficient (Wildman–Crippen LogP) is 1.34. The Morgan fingerprint density at radius 2 is 1.40 bits per heavy atom. The molecule has 1 unspecified atom stereocenters. The van der Waals surface area contributed by atoms with E-state index in [1.165, 1.54) is 0 Å². The lowest BCUT2D eigenvalue weighted by molar-refractivity contribution is 0.664. The van der Waals surface area contributed by atoms with Gasteiger partial charge in [0.05, 0.1) is 0 Å². The first-order chi connectivity index (χ1) is 4.54. The van der Waals surface area contributed by atoms with Gasteiger partial charge < -0.3 is 11.5 Å². The molecule has 0 amide bonds. The molecule has 0 aromatic rings. The maximum absolute atomic E-state index is 5.29. The summed E-state index contributed by atoms with van der Waals surface area (Å²) in [5.41, 5.74) is 10.5. The van der Waals surface area contributed by atoms with Gasteiger partial charge in [0, 0.05) is 6.04 Å². The van der Waals surface area contributed by atoms with Crippen molar-refractivity contribution >= 4 is 0 Å². The molecule has 0 fully saturated rings. The SMILES string of the molecule is CC(C)CN.CCC(C)N. The zero-order valence-electron chi connectivity index (χ0n) is 7.72. The summed E-state index contributed by atoms with van der Waals surface area (Å²) in [5, 5.41) is 0. The van der Waals surface area contributed by atoms with Gasteiger partial charge in [-0.3, -0.25) is 0 Å². The van der Waals surface area contributed by atoms with Gasteiger partial charge in [-0.05, 0) is 25.8 Å². The third kappa shape index (κ3) is 24.7. The molecule has 0 aliphatic heterocycles. The van der Waals surface area contributed by atoms with Crippen LogP contribution in [-0.4, -0.2) is 12.6 Å². The average molecular weight is 146 g/mol. The molecule has 0 aromatic heterocycles. The second-order valence-corrected chi connectivity index (χ2v) is 3.02. The zero-order chi connectivity index (χ0) is 8.57. The van der Waals surface area contributed by atoms with Crippen LogP contribution in [0.3, 0.4) is 0 Å². The highest BCUT2D eigenvalue weighted by molar-refractivity contribution is 4.43. The van der Waals surface area contributed by atoms with E-state index in [9.17, 15) is 0 Å². The summed E-state index contributed by atoms with van der Waals surface area (Å²) in [4.78, 5) is 0. The average Bonchev–Trinajstić information content (AvgIpc) is 1.89. The molecular weight excluding hydrogens is 124 g/mol. The van der Waals surface area contributed by atoms with Crippen molar-refractivity contribution in [1.82, 2.24) is 0 Å². The Kier molecular flexibility index (Phi) is 11.2. The standard InChI is InChI=1S/2C4H11N/c1-4(2)3-5;1-3-4(2)5/h2*4H,3,5H2,1-2H3. The third-order valence-electron chi connectivity index (χ3n) is 1.12. The van der Waals surface area contributed by atoms with Crippen molar-refractivity contribution in [3.63, 3.8) is 0 Å². The van der Waals surface area contributed by atoms with Crippen LogP contribution in [0.15, 0.2) is 0 Å². The fourth-order valence-corrected chi connectivity index (χ4v) is 0. The van der Waals surface area contributed by atoms with E-state index in [2.05, 4.69) is 20.8 Å². The van der Waals surface area contributed by atoms with Crippen LogP contribution in [0.5, 0.6) is 0 Å². The van der Waals surface area contributed by atoms with Crippen molar-refractivity contribution in [2.75, 3.05) is 6.54 Å². The summed E-state index contributed by atoms with van der Waals surface area (Å²) >= 11 is 0. The monoisotopic (exact) mass is 146 g/mol. The van der Waals surface area contributed by atoms with Gasteiger partial charge in [0.25, 0.3) is 0 Å². The first-order valence-electron chi connectivity index (χ1n) is 4.00. The molecule has 10 heavy (non-hydrogen) atoms. The first-order valence-corrected chi connectivity index (χ1v) is 4.00. The summed E-state index contributed by atoms with van der Waals surface area (Å²) in [6.45, 7) is 9.07. The van der Waals surface area contributed by atoms with E-state index in [1.807, 2.05) is 6.92 Å². The molecule has 0 saturated heterocycles. The molecule has 4 N–H and O–H groups in total. The van der Waals surface area contributed by atoms with Crippen LogP contribution in [-0.2, 0) is 0 Å². The Labute approximate surface area is 65.0 Å². The molecule has 2 nitrogen and oxygen atoms in total. The summed E-state index contributed by atoms with van der Waals surface area (Å²) in [6.07, 6.45) is 1.08. The second-order valence-electron chi connectivity index (χ2n) is 3.02. The molecule has 0 bridgehead atoms. The molecule has 0 spiro atoms. The van der Waals surface area contributed by atoms with Gasteiger partial charge >= 0.3 is 0 Å². The van der Waals surface area contributed by atoms with E-state index in [0.717, 1.165) is 13.0 Å². The Morgan fingerprint density at radius 3 is 1.40 bits per heavy atom. The van der Waals surface area contributed by atoms with Gasteiger partial charge in [0.2, 0.25) is 0 Å². The summed E-state index contributed by atoms with van der Waals surface area (Å²) < 4.78 is 0. The van der Waals surface area contributed by atoms with Crippen LogP contribution in [0.25, 0.3) is 0 Å². The smallest absolute Gasteiger partial charge is 0.000781 e. The van der Waals surface area contributed by atoms with Gasteiger partial charge in [0.1, 0.15) is 0 Å². The fourth-order valence-electron chi connectivity index (χ4n) is 0. The van der Waals surface area contributed by atoms with E-state index in [1.54, 1.807) is 0 Å². The van der Waals surface area contributed by atoms with Crippen LogP contribution in [0.2, 0.25) is 0 Å². The molecule has 0 aromatic carbocycles. The zero-order valence-corrected chi connectivity index (χ0v) is 7.72. The summed E-state index contributed by atoms with van der Waals surface area (Å²) in [5.74, 6) is 0.662. The molecule has 0 radical (unpaired) electrons. The maximum atomic E-state index is 5.29. The molecule has 0 heterocycles. The van der Waals surface area contributed by atoms with Gasteiger partial charge in [0.15, 0.2) is 0 Å². The van der Waals surface area contributed by atoms with Crippen LogP contribution >= 0.6 is 0 Å². The normalized spacial score (nSPS) is 12.3. The number of nitrogens with two attached hydrogens (primary N) is 2. The second kappa shape index (κ2) is 8.92. The lowest BCUT2D eigenvalue weighted by atomic mass is 10.2. The molecular formula is C8H22N2. The van der Waals surface area contributed by atoms with Crippen molar-refractivity contribution < 1.29 is 0 Å². The molecule has 0 aliphatic carbocycles. The molecule has 0 saturated carbocycles. The van der Waals surface area contributed by atoms with Crippen molar-refractivity contribution in [1.29, 1.82) is 0 Å². The summed E-state index contributed by atoms with van der Waals surface area (Å²) in [7, 11) is 0. The molecule has 0 aliphatic rings. The van der Waals surface area contributed by atoms with E-state index < -0.39 is 0 Å². The highest BCUT2D eigenvalue weighted by Gasteiger charge is 1.80. The Balaban J connectivity index is 0. The minimum Gasteiger partial charge on any atom is -0.330 e. The largest absolute Gasteiger partial charge is 0.330 e. The van der Waals surface area contributed by atoms with Crippen molar-refractivity contribution in [2.45, 2.75) is 40.2 Å². The molecule has 0 rings (SSSR count). The number of rotatable bonds is 2. The van der Waals surface area contributed by atoms with Crippen LogP contribution in [0.4, 0.5) is 0 Å². The van der Waals surface area contributed by atoms with Gasteiger partial charge in [-0.2, -0.15) is 0 Å². The van der Waals surface area contributed by atoms with E-state index in [-0.39, 0.29) is 0 Å². The fraction of sp³-hybridized carbons (Fsp3) is 1.00. The van der Waals surface area contributed by atoms with E-state index >= 15 is 0 Å². The highest BCUT2D eigenvalue weighted by atomic mass is 14.6. The Bertz CT molecular complexity index is 43.2.